The second kappa shape index (κ2) is 9.50. The second-order valence-corrected chi connectivity index (χ2v) is 8.29. The molecule has 0 saturated heterocycles. The topological polar surface area (TPSA) is 124 Å². The van der Waals surface area contributed by atoms with Gasteiger partial charge in [0.1, 0.15) is 12.4 Å². The molecule has 0 spiro atoms. The fraction of sp³-hybridized carbons (Fsp3) is 0.150. The average Bonchev–Trinajstić information content (AvgIpc) is 2.76. The Balaban J connectivity index is 1.82. The number of esters is 1. The van der Waals surface area contributed by atoms with Gasteiger partial charge in [-0.1, -0.05) is 30.3 Å². The van der Waals surface area contributed by atoms with Gasteiger partial charge in [0.05, 0.1) is 4.90 Å². The fourth-order valence-corrected chi connectivity index (χ4v) is 4.05. The number of nitrogen functional groups attached to an aromatic ring is 1. The molecule has 1 aromatic heterocycles. The van der Waals surface area contributed by atoms with Crippen molar-refractivity contribution in [1.82, 2.24) is 14.7 Å². The van der Waals surface area contributed by atoms with Crippen molar-refractivity contribution >= 4 is 21.9 Å². The van der Waals surface area contributed by atoms with Crippen molar-refractivity contribution in [3.63, 3.8) is 0 Å². The maximum atomic E-state index is 14.8. The largest absolute Gasteiger partial charge is 0.490 e. The van der Waals surface area contributed by atoms with Crippen LogP contribution in [0.15, 0.2) is 59.8 Å². The number of nitrogens with zero attached hydrogens (tertiary/aromatic N) is 2. The van der Waals surface area contributed by atoms with Crippen molar-refractivity contribution in [3.05, 3.63) is 60.7 Å². The van der Waals surface area contributed by atoms with Gasteiger partial charge in [0.2, 0.25) is 16.0 Å². The lowest BCUT2D eigenvalue weighted by Gasteiger charge is -2.13. The van der Waals surface area contributed by atoms with Crippen LogP contribution in [0.25, 0.3) is 22.3 Å². The van der Waals surface area contributed by atoms with Crippen LogP contribution < -0.4 is 10.5 Å². The molecule has 174 valence electrons. The van der Waals surface area contributed by atoms with Gasteiger partial charge in [0.25, 0.3) is 0 Å². The highest BCUT2D eigenvalue weighted by molar-refractivity contribution is 7.89. The summed E-state index contributed by atoms with van der Waals surface area (Å²) in [5, 5.41) is 0. The first-order valence-electron chi connectivity index (χ1n) is 9.19. The molecule has 0 aliphatic carbocycles. The van der Waals surface area contributed by atoms with Crippen molar-refractivity contribution in [2.24, 2.45) is 0 Å². The van der Waals surface area contributed by atoms with E-state index in [9.17, 15) is 30.8 Å². The van der Waals surface area contributed by atoms with Crippen molar-refractivity contribution in [1.29, 1.82) is 0 Å². The van der Waals surface area contributed by atoms with Crippen LogP contribution in [-0.4, -0.2) is 43.7 Å². The van der Waals surface area contributed by atoms with Gasteiger partial charge >= 0.3 is 12.1 Å². The van der Waals surface area contributed by atoms with E-state index in [1.165, 1.54) is 42.7 Å². The molecule has 0 aliphatic rings. The molecule has 2 aromatic carbocycles. The summed E-state index contributed by atoms with van der Waals surface area (Å²) >= 11 is 0. The molecule has 0 atom stereocenters. The first kappa shape index (κ1) is 24.1. The number of hydrogen-bond donors (Lipinski definition) is 2. The van der Waals surface area contributed by atoms with Gasteiger partial charge in [0.15, 0.2) is 0 Å². The molecule has 0 unspecified atom stereocenters. The first-order valence-corrected chi connectivity index (χ1v) is 10.7. The van der Waals surface area contributed by atoms with E-state index in [1.54, 1.807) is 6.07 Å². The molecule has 0 radical (unpaired) electrons. The number of aromatic nitrogens is 2. The monoisotopic (exact) mass is 484 g/mol. The average molecular weight is 484 g/mol. The molecule has 0 saturated carbocycles. The minimum atomic E-state index is -5.18. The maximum Gasteiger partial charge on any atom is 0.490 e. The Morgan fingerprint density at radius 2 is 1.70 bits per heavy atom. The third kappa shape index (κ3) is 5.81. The summed E-state index contributed by atoms with van der Waals surface area (Å²) in [6, 6.07) is 9.71. The van der Waals surface area contributed by atoms with Gasteiger partial charge in [-0.25, -0.2) is 32.3 Å². The number of nitrogens with two attached hydrogens (primary N) is 1. The van der Waals surface area contributed by atoms with E-state index in [4.69, 9.17) is 5.73 Å². The van der Waals surface area contributed by atoms with Crippen LogP contribution >= 0.6 is 0 Å². The van der Waals surface area contributed by atoms with Crippen molar-refractivity contribution in [2.45, 2.75) is 11.1 Å². The zero-order chi connectivity index (χ0) is 24.2. The van der Waals surface area contributed by atoms with Crippen molar-refractivity contribution in [3.8, 4) is 22.3 Å². The maximum absolute atomic E-state index is 14.8. The van der Waals surface area contributed by atoms with Gasteiger partial charge in [-0.15, -0.1) is 0 Å². The zero-order valence-corrected chi connectivity index (χ0v) is 17.5. The highest BCUT2D eigenvalue weighted by atomic mass is 32.2. The molecule has 3 rings (SSSR count). The molecule has 0 amide bonds. The Morgan fingerprint density at radius 1 is 1.03 bits per heavy atom. The molecular weight excluding hydrogens is 468 g/mol. The summed E-state index contributed by atoms with van der Waals surface area (Å²) in [6.07, 6.45) is -2.50. The Bertz CT molecular complexity index is 1270. The zero-order valence-electron chi connectivity index (χ0n) is 16.6. The third-order valence-electron chi connectivity index (χ3n) is 4.30. The number of carbonyl (C=O) groups is 1. The van der Waals surface area contributed by atoms with E-state index in [1.807, 2.05) is 0 Å². The number of alkyl halides is 3. The highest BCUT2D eigenvalue weighted by Gasteiger charge is 2.40. The number of nitrogens with one attached hydrogen (secondary N) is 1. The number of carbonyl (C=O) groups excluding carboxylic acids is 1. The predicted molar refractivity (Wildman–Crippen MR) is 109 cm³/mol. The molecule has 33 heavy (non-hydrogen) atoms. The lowest BCUT2D eigenvalue weighted by atomic mass is 10.0. The quantitative estimate of drug-likeness (QED) is 0.300. The summed E-state index contributed by atoms with van der Waals surface area (Å²) in [4.78, 5) is 18.1. The van der Waals surface area contributed by atoms with Crippen LogP contribution in [0.2, 0.25) is 0 Å². The first-order chi connectivity index (χ1) is 15.5. The Labute approximate surface area is 185 Å². The number of halogens is 4. The lowest BCUT2D eigenvalue weighted by Crippen LogP contribution is -2.31. The van der Waals surface area contributed by atoms with E-state index in [-0.39, 0.29) is 27.5 Å². The van der Waals surface area contributed by atoms with E-state index in [0.717, 1.165) is 6.07 Å². The number of anilines is 1. The molecule has 8 nitrogen and oxygen atoms in total. The van der Waals surface area contributed by atoms with E-state index in [0.29, 0.717) is 5.56 Å². The Morgan fingerprint density at radius 3 is 2.33 bits per heavy atom. The highest BCUT2D eigenvalue weighted by Crippen LogP contribution is 2.31. The summed E-state index contributed by atoms with van der Waals surface area (Å²) in [6.45, 7) is -1.42. The van der Waals surface area contributed by atoms with Gasteiger partial charge in [-0.3, -0.25) is 0 Å². The van der Waals surface area contributed by atoms with Crippen molar-refractivity contribution < 1.29 is 35.5 Å². The molecular formula is C20H16F4N4O4S. The number of sulfonamides is 1. The minimum absolute atomic E-state index is 0.0237. The molecule has 0 aliphatic heterocycles. The summed E-state index contributed by atoms with van der Waals surface area (Å²) < 4.78 is 82.6. The molecule has 1 heterocycles. The van der Waals surface area contributed by atoms with Crippen LogP contribution in [0.1, 0.15) is 0 Å². The lowest BCUT2D eigenvalue weighted by molar-refractivity contribution is -0.199. The van der Waals surface area contributed by atoms with Gasteiger partial charge in [0, 0.05) is 35.6 Å². The summed E-state index contributed by atoms with van der Waals surface area (Å²) in [5.74, 6) is -3.07. The van der Waals surface area contributed by atoms with E-state index in [2.05, 4.69) is 19.4 Å². The van der Waals surface area contributed by atoms with Crippen LogP contribution in [0.5, 0.6) is 0 Å². The van der Waals surface area contributed by atoms with Gasteiger partial charge < -0.3 is 10.5 Å². The second-order valence-electron chi connectivity index (χ2n) is 6.55. The van der Waals surface area contributed by atoms with Crippen molar-refractivity contribution in [2.75, 3.05) is 18.9 Å². The number of rotatable bonds is 7. The van der Waals surface area contributed by atoms with Gasteiger partial charge in [-0.05, 0) is 17.7 Å². The van der Waals surface area contributed by atoms with Crippen LogP contribution in [0.3, 0.4) is 0 Å². The van der Waals surface area contributed by atoms with Crippen LogP contribution in [-0.2, 0) is 19.6 Å². The third-order valence-corrected chi connectivity index (χ3v) is 5.82. The molecule has 0 bridgehead atoms. The van der Waals surface area contributed by atoms with Crippen LogP contribution in [0.4, 0.5) is 23.5 Å². The minimum Gasteiger partial charge on any atom is -0.458 e. The number of ether oxygens (including phenoxy) is 1. The Hall–Kier alpha value is -3.58. The standard InChI is InChI=1S/C20H16F4N4O4S/c21-16-9-12(5-6-14(16)13-10-26-19(25)27-11-13)15-3-1-2-4-17(15)33(30,31)28-7-8-32-18(29)20(22,23)24/h1-6,9-11,28H,7-8H2,(H2,25,26,27). The summed E-state index contributed by atoms with van der Waals surface area (Å²) in [7, 11) is -4.23. The smallest absolute Gasteiger partial charge is 0.458 e. The molecule has 3 aromatic rings. The Kier molecular flexibility index (Phi) is 6.93. The fourth-order valence-electron chi connectivity index (χ4n) is 2.81. The van der Waals surface area contributed by atoms with E-state index >= 15 is 0 Å². The molecule has 3 N–H and O–H groups in total. The molecule has 13 heteroatoms. The van der Waals surface area contributed by atoms with Crippen LogP contribution in [0, 0.1) is 5.82 Å². The van der Waals surface area contributed by atoms with Gasteiger partial charge in [-0.2, -0.15) is 13.2 Å². The summed E-state index contributed by atoms with van der Waals surface area (Å²) in [5.41, 5.74) is 6.34. The van der Waals surface area contributed by atoms with E-state index < -0.39 is 41.1 Å². The number of benzene rings is 2. The normalized spacial score (nSPS) is 11.9. The predicted octanol–water partition coefficient (Wildman–Crippen LogP) is 2.92. The number of hydrogen-bond acceptors (Lipinski definition) is 7. The molecule has 0 fully saturated rings. The SMILES string of the molecule is Nc1ncc(-c2ccc(-c3ccccc3S(=O)(=O)NCCOC(=O)C(F)(F)F)cc2F)cn1.